The van der Waals surface area contributed by atoms with Crippen LogP contribution in [-0.4, -0.2) is 51.2 Å². The second-order valence-corrected chi connectivity index (χ2v) is 9.44. The molecular weight excluding hydrogens is 488 g/mol. The molecule has 0 spiro atoms. The Morgan fingerprint density at radius 3 is 2.32 bits per heavy atom. The van der Waals surface area contributed by atoms with Crippen molar-refractivity contribution in [3.8, 4) is 11.1 Å². The van der Waals surface area contributed by atoms with Gasteiger partial charge in [0.2, 0.25) is 0 Å². The number of rotatable bonds is 6. The van der Waals surface area contributed by atoms with Gasteiger partial charge in [0.25, 0.3) is 5.92 Å². The number of carboxylic acids is 1. The van der Waals surface area contributed by atoms with Gasteiger partial charge in [0.15, 0.2) is 0 Å². The van der Waals surface area contributed by atoms with Gasteiger partial charge in [0, 0.05) is 28.2 Å². The third-order valence-corrected chi connectivity index (χ3v) is 6.98. The zero-order valence-corrected chi connectivity index (χ0v) is 19.8. The molecule has 1 aliphatic rings. The molecule has 37 heavy (non-hydrogen) atoms. The van der Waals surface area contributed by atoms with E-state index < -0.39 is 48.8 Å². The number of H-pyrrole nitrogens is 1. The number of aromatic nitrogens is 1. The summed E-state index contributed by atoms with van der Waals surface area (Å²) in [5.41, 5.74) is 2.22. The van der Waals surface area contributed by atoms with Crippen molar-refractivity contribution in [2.45, 2.75) is 31.4 Å². The largest absolute Gasteiger partial charge is 0.478 e. The van der Waals surface area contributed by atoms with Crippen molar-refractivity contribution in [2.24, 2.45) is 0 Å². The molecule has 0 radical (unpaired) electrons. The molecule has 2 atom stereocenters. The number of carbonyl (C=O) groups is 1. The van der Waals surface area contributed by atoms with E-state index in [1.165, 1.54) is 29.2 Å². The molecule has 0 saturated heterocycles. The Morgan fingerprint density at radius 1 is 1.05 bits per heavy atom. The summed E-state index contributed by atoms with van der Waals surface area (Å²) in [6.07, 6.45) is 0.384. The molecule has 9 heteroatoms. The minimum atomic E-state index is -3.48. The molecule has 2 heterocycles. The zero-order chi connectivity index (χ0) is 26.5. The number of benzene rings is 3. The maximum atomic E-state index is 15.7. The molecule has 0 fully saturated rings. The van der Waals surface area contributed by atoms with Crippen molar-refractivity contribution in [3.05, 3.63) is 94.7 Å². The lowest BCUT2D eigenvalue weighted by molar-refractivity contribution is -0.0869. The Morgan fingerprint density at radius 2 is 1.70 bits per heavy atom. The summed E-state index contributed by atoms with van der Waals surface area (Å²) in [7, 11) is 0. The van der Waals surface area contributed by atoms with Crippen molar-refractivity contribution in [1.29, 1.82) is 0 Å². The van der Waals surface area contributed by atoms with Crippen LogP contribution in [0.1, 0.15) is 40.1 Å². The number of aromatic carboxylic acids is 1. The van der Waals surface area contributed by atoms with E-state index in [4.69, 9.17) is 5.11 Å². The molecule has 3 N–H and O–H groups in total. The van der Waals surface area contributed by atoms with Gasteiger partial charge >= 0.3 is 5.97 Å². The van der Waals surface area contributed by atoms with E-state index in [0.29, 0.717) is 17.7 Å². The highest BCUT2D eigenvalue weighted by molar-refractivity contribution is 5.88. The number of halogens is 4. The summed E-state index contributed by atoms with van der Waals surface area (Å²) in [5.74, 6) is -6.44. The van der Waals surface area contributed by atoms with Crippen molar-refractivity contribution in [1.82, 2.24) is 9.88 Å². The summed E-state index contributed by atoms with van der Waals surface area (Å²) >= 11 is 0. The van der Waals surface area contributed by atoms with E-state index in [-0.39, 0.29) is 16.7 Å². The lowest BCUT2D eigenvalue weighted by Gasteiger charge is -2.42. The third-order valence-electron chi connectivity index (χ3n) is 6.98. The van der Waals surface area contributed by atoms with Crippen LogP contribution >= 0.6 is 0 Å². The van der Waals surface area contributed by atoms with Gasteiger partial charge in [-0.15, -0.1) is 0 Å². The first-order chi connectivity index (χ1) is 17.6. The minimum Gasteiger partial charge on any atom is -0.478 e. The fourth-order valence-electron chi connectivity index (χ4n) is 5.20. The second kappa shape index (κ2) is 9.32. The molecule has 1 aliphatic heterocycles. The maximum Gasteiger partial charge on any atom is 0.335 e. The van der Waals surface area contributed by atoms with Gasteiger partial charge in [-0.1, -0.05) is 30.3 Å². The van der Waals surface area contributed by atoms with Crippen LogP contribution < -0.4 is 0 Å². The lowest BCUT2D eigenvalue weighted by Crippen LogP contribution is -2.49. The highest BCUT2D eigenvalue weighted by Gasteiger charge is 2.43. The number of aliphatic hydroxyl groups is 1. The Hall–Kier alpha value is -3.69. The van der Waals surface area contributed by atoms with Crippen molar-refractivity contribution in [2.75, 3.05) is 13.2 Å². The monoisotopic (exact) mass is 512 g/mol. The van der Waals surface area contributed by atoms with Crippen LogP contribution in [0.4, 0.5) is 17.6 Å². The molecule has 5 nitrogen and oxygen atoms in total. The molecule has 3 aromatic carbocycles. The smallest absolute Gasteiger partial charge is 0.335 e. The number of alkyl halides is 2. The van der Waals surface area contributed by atoms with Gasteiger partial charge in [-0.25, -0.2) is 22.4 Å². The Bertz CT molecular complexity index is 1460. The predicted molar refractivity (Wildman–Crippen MR) is 131 cm³/mol. The van der Waals surface area contributed by atoms with Gasteiger partial charge < -0.3 is 15.2 Å². The number of fused-ring (bicyclic) bond motifs is 3. The molecule has 1 aromatic heterocycles. The first-order valence-electron chi connectivity index (χ1n) is 11.8. The van der Waals surface area contributed by atoms with Gasteiger partial charge in [0.1, 0.15) is 18.2 Å². The summed E-state index contributed by atoms with van der Waals surface area (Å²) in [6, 6.07) is 13.5. The van der Waals surface area contributed by atoms with Crippen LogP contribution in [0, 0.1) is 11.6 Å². The highest BCUT2D eigenvalue weighted by atomic mass is 19.3. The molecule has 0 bridgehead atoms. The lowest BCUT2D eigenvalue weighted by atomic mass is 9.87. The number of hydrogen-bond acceptors (Lipinski definition) is 3. The van der Waals surface area contributed by atoms with Crippen LogP contribution in [0.5, 0.6) is 0 Å². The van der Waals surface area contributed by atoms with Crippen molar-refractivity contribution >= 4 is 16.9 Å². The van der Waals surface area contributed by atoms with Crippen molar-refractivity contribution < 1.29 is 32.6 Å². The molecule has 0 amide bonds. The molecule has 0 saturated carbocycles. The Balaban J connectivity index is 1.66. The third kappa shape index (κ3) is 4.49. The summed E-state index contributed by atoms with van der Waals surface area (Å²) in [5, 5.41) is 19.2. The van der Waals surface area contributed by atoms with Crippen LogP contribution in [0.3, 0.4) is 0 Å². The van der Waals surface area contributed by atoms with Gasteiger partial charge in [0.05, 0.1) is 18.2 Å². The average Bonchev–Trinajstić information content (AvgIpc) is 3.23. The first-order valence-corrected chi connectivity index (χ1v) is 11.8. The van der Waals surface area contributed by atoms with Crippen LogP contribution in [-0.2, 0) is 6.42 Å². The number of aliphatic hydroxyl groups excluding tert-OH is 1. The first kappa shape index (κ1) is 25.0. The molecule has 5 rings (SSSR count). The summed E-state index contributed by atoms with van der Waals surface area (Å²) < 4.78 is 60.3. The fraction of sp³-hybridized carbons (Fsp3) is 0.250. The maximum absolute atomic E-state index is 15.7. The van der Waals surface area contributed by atoms with E-state index in [1.807, 2.05) is 24.3 Å². The van der Waals surface area contributed by atoms with Crippen LogP contribution in [0.25, 0.3) is 22.0 Å². The second-order valence-electron chi connectivity index (χ2n) is 9.44. The molecule has 4 aromatic rings. The minimum absolute atomic E-state index is 0.0318. The molecule has 0 unspecified atom stereocenters. The van der Waals surface area contributed by atoms with Gasteiger partial charge in [-0.3, -0.25) is 4.90 Å². The normalized spacial score (nSPS) is 18.2. The number of aromatic amines is 1. The number of nitrogens with one attached hydrogen (secondary N) is 1. The zero-order valence-electron chi connectivity index (χ0n) is 19.8. The van der Waals surface area contributed by atoms with Crippen molar-refractivity contribution in [3.63, 3.8) is 0 Å². The number of para-hydroxylation sites is 1. The van der Waals surface area contributed by atoms with Crippen LogP contribution in [0.2, 0.25) is 0 Å². The quantitative estimate of drug-likeness (QED) is 0.287. The topological polar surface area (TPSA) is 76.6 Å². The van der Waals surface area contributed by atoms with E-state index in [2.05, 4.69) is 4.98 Å². The van der Waals surface area contributed by atoms with Gasteiger partial charge in [-0.05, 0) is 60.4 Å². The number of nitrogens with zero attached hydrogens (tertiary/aromatic N) is 1. The standard InChI is InChI=1S/C28H24F4N2O3/c1-15-10-20-19-4-2-3-5-23(19)33-25(20)26(34(15)13-28(31,32)14-35)24-21(29)11-18(12-22(24)30)16-6-8-17(9-7-16)27(36)37/h2-9,11-12,15,26,33,35H,10,13-14H2,1H3,(H,36,37)/t15-,26-/m1/s1. The number of hydrogen-bond donors (Lipinski definition) is 3. The summed E-state index contributed by atoms with van der Waals surface area (Å²) in [4.78, 5) is 15.7. The average molecular weight is 513 g/mol. The van der Waals surface area contributed by atoms with E-state index >= 15 is 8.78 Å². The van der Waals surface area contributed by atoms with E-state index in [1.54, 1.807) is 6.92 Å². The predicted octanol–water partition coefficient (Wildman–Crippen LogP) is 5.77. The van der Waals surface area contributed by atoms with E-state index in [9.17, 15) is 18.7 Å². The Kier molecular flexibility index (Phi) is 6.29. The van der Waals surface area contributed by atoms with Gasteiger partial charge in [-0.2, -0.15) is 0 Å². The Labute approximate surface area is 210 Å². The summed E-state index contributed by atoms with van der Waals surface area (Å²) in [6.45, 7) is -0.556. The molecule has 0 aliphatic carbocycles. The highest BCUT2D eigenvalue weighted by Crippen LogP contribution is 2.44. The molecule has 192 valence electrons. The van der Waals surface area contributed by atoms with Crippen LogP contribution in [0.15, 0.2) is 60.7 Å². The molecular formula is C28H24F4N2O3. The number of carboxylic acid groups (broad SMARTS) is 1. The fourth-order valence-corrected chi connectivity index (χ4v) is 5.20. The van der Waals surface area contributed by atoms with E-state index in [0.717, 1.165) is 28.6 Å². The SMILES string of the molecule is C[C@@H]1Cc2c([nH]c3ccccc23)[C@@H](c2c(F)cc(-c3ccc(C(=O)O)cc3)cc2F)N1CC(F)(F)CO.